The summed E-state index contributed by atoms with van der Waals surface area (Å²) in [6.45, 7) is 1.52. The van der Waals surface area contributed by atoms with E-state index in [2.05, 4.69) is 0 Å². The average molecular weight is 410 g/mol. The van der Waals surface area contributed by atoms with Crippen LogP contribution in [0.3, 0.4) is 0 Å². The molecule has 2 N–H and O–H groups in total. The molecule has 2 atom stereocenters. The molecule has 7 nitrogen and oxygen atoms in total. The standard InChI is InChI=1S/C23H22O7/c1-13(24)23(28-15-7-4-6-14(12-15)21(25)26)30-19-11-5-10-18-20(19)16-8-2-3-9-17(16)22(27)29-18/h4-7,10-13,23-24H,2-3,8-9H2,1H3,(H,25,26). The van der Waals surface area contributed by atoms with Crippen LogP contribution in [0.1, 0.15) is 41.3 Å². The first-order valence-electron chi connectivity index (χ1n) is 9.86. The van der Waals surface area contributed by atoms with E-state index in [9.17, 15) is 14.7 Å². The monoisotopic (exact) mass is 410 g/mol. The molecule has 1 aliphatic carbocycles. The van der Waals surface area contributed by atoms with E-state index in [0.29, 0.717) is 28.7 Å². The second-order valence-corrected chi connectivity index (χ2v) is 7.36. The summed E-state index contributed by atoms with van der Waals surface area (Å²) in [6.07, 6.45) is 1.22. The van der Waals surface area contributed by atoms with E-state index in [0.717, 1.165) is 24.8 Å². The minimum absolute atomic E-state index is 0.0675. The average Bonchev–Trinajstić information content (AvgIpc) is 2.73. The first kappa shape index (κ1) is 20.0. The molecule has 3 aromatic rings. The highest BCUT2D eigenvalue weighted by Crippen LogP contribution is 2.34. The van der Waals surface area contributed by atoms with Crippen molar-refractivity contribution < 1.29 is 28.9 Å². The molecule has 156 valence electrons. The van der Waals surface area contributed by atoms with Gasteiger partial charge in [0.05, 0.1) is 10.9 Å². The fourth-order valence-corrected chi connectivity index (χ4v) is 3.74. The summed E-state index contributed by atoms with van der Waals surface area (Å²) < 4.78 is 17.3. The molecule has 0 saturated heterocycles. The van der Waals surface area contributed by atoms with Gasteiger partial charge in [0.25, 0.3) is 6.29 Å². The number of fused-ring (bicyclic) bond motifs is 3. The number of rotatable bonds is 6. The fourth-order valence-electron chi connectivity index (χ4n) is 3.74. The van der Waals surface area contributed by atoms with Gasteiger partial charge in [-0.05, 0) is 68.5 Å². The van der Waals surface area contributed by atoms with Crippen molar-refractivity contribution in [1.82, 2.24) is 0 Å². The third kappa shape index (κ3) is 3.89. The molecular formula is C23H22O7. The maximum Gasteiger partial charge on any atom is 0.339 e. The van der Waals surface area contributed by atoms with Crippen LogP contribution in [0, 0.1) is 0 Å². The highest BCUT2D eigenvalue weighted by molar-refractivity contribution is 5.88. The van der Waals surface area contributed by atoms with Crippen molar-refractivity contribution in [2.24, 2.45) is 0 Å². The third-order valence-electron chi connectivity index (χ3n) is 5.18. The summed E-state index contributed by atoms with van der Waals surface area (Å²) in [5.74, 6) is -0.380. The van der Waals surface area contributed by atoms with Crippen molar-refractivity contribution in [3.05, 3.63) is 69.6 Å². The summed E-state index contributed by atoms with van der Waals surface area (Å²) >= 11 is 0. The first-order chi connectivity index (χ1) is 14.4. The second-order valence-electron chi connectivity index (χ2n) is 7.36. The highest BCUT2D eigenvalue weighted by atomic mass is 16.7. The Bertz CT molecular complexity index is 1150. The molecular weight excluding hydrogens is 388 g/mol. The maximum atomic E-state index is 12.3. The topological polar surface area (TPSA) is 106 Å². The van der Waals surface area contributed by atoms with Crippen molar-refractivity contribution in [2.75, 3.05) is 0 Å². The smallest absolute Gasteiger partial charge is 0.339 e. The summed E-state index contributed by atoms with van der Waals surface area (Å²) in [6, 6.07) is 11.1. The van der Waals surface area contributed by atoms with E-state index in [4.69, 9.17) is 19.0 Å². The van der Waals surface area contributed by atoms with Gasteiger partial charge in [-0.3, -0.25) is 0 Å². The van der Waals surface area contributed by atoms with Gasteiger partial charge in [0, 0.05) is 5.56 Å². The Kier molecular flexibility index (Phi) is 5.46. The van der Waals surface area contributed by atoms with E-state index in [1.165, 1.54) is 19.1 Å². The molecule has 0 radical (unpaired) electrons. The normalized spacial score (nSPS) is 15.3. The third-order valence-corrected chi connectivity index (χ3v) is 5.18. The van der Waals surface area contributed by atoms with E-state index in [1.807, 2.05) is 0 Å². The molecule has 0 amide bonds. The fraction of sp³-hybridized carbons (Fsp3) is 0.304. The molecule has 2 aromatic carbocycles. The molecule has 2 unspecified atom stereocenters. The molecule has 0 fully saturated rings. The van der Waals surface area contributed by atoms with Crippen molar-refractivity contribution in [1.29, 1.82) is 0 Å². The molecule has 30 heavy (non-hydrogen) atoms. The number of hydrogen-bond acceptors (Lipinski definition) is 6. The Morgan fingerprint density at radius 3 is 2.53 bits per heavy atom. The van der Waals surface area contributed by atoms with Gasteiger partial charge in [0.15, 0.2) is 0 Å². The van der Waals surface area contributed by atoms with E-state index < -0.39 is 18.4 Å². The SMILES string of the molecule is CC(O)C(Oc1cccc(C(=O)O)c1)Oc1cccc2oc(=O)c3c(c12)CCCC3. The zero-order chi connectivity index (χ0) is 21.3. The predicted molar refractivity (Wildman–Crippen MR) is 109 cm³/mol. The molecule has 1 heterocycles. The Morgan fingerprint density at radius 2 is 1.80 bits per heavy atom. The lowest BCUT2D eigenvalue weighted by atomic mass is 9.90. The number of carboxylic acid groups (broad SMARTS) is 1. The minimum atomic E-state index is -1.09. The molecule has 0 saturated carbocycles. The first-order valence-corrected chi connectivity index (χ1v) is 9.86. The van der Waals surface area contributed by atoms with Crippen LogP contribution in [-0.2, 0) is 12.8 Å². The van der Waals surface area contributed by atoms with Crippen molar-refractivity contribution >= 4 is 16.9 Å². The quantitative estimate of drug-likeness (QED) is 0.473. The minimum Gasteiger partial charge on any atom is -0.478 e. The number of hydrogen-bond donors (Lipinski definition) is 2. The largest absolute Gasteiger partial charge is 0.478 e. The Morgan fingerprint density at radius 1 is 1.07 bits per heavy atom. The van der Waals surface area contributed by atoms with Crippen LogP contribution in [0.4, 0.5) is 0 Å². The molecule has 0 aliphatic heterocycles. The molecule has 4 rings (SSSR count). The number of aromatic carboxylic acids is 1. The molecule has 1 aromatic heterocycles. The van der Waals surface area contributed by atoms with Crippen LogP contribution in [0.5, 0.6) is 11.5 Å². The van der Waals surface area contributed by atoms with Gasteiger partial charge >= 0.3 is 11.6 Å². The molecule has 1 aliphatic rings. The Balaban J connectivity index is 1.72. The Labute approximate surface area is 172 Å². The lowest BCUT2D eigenvalue weighted by Crippen LogP contribution is -2.35. The van der Waals surface area contributed by atoms with Crippen molar-refractivity contribution in [3.8, 4) is 11.5 Å². The highest BCUT2D eigenvalue weighted by Gasteiger charge is 2.24. The molecule has 0 bridgehead atoms. The van der Waals surface area contributed by atoms with Gasteiger partial charge in [-0.25, -0.2) is 9.59 Å². The van der Waals surface area contributed by atoms with Crippen LogP contribution in [0.15, 0.2) is 51.7 Å². The van der Waals surface area contributed by atoms with Gasteiger partial charge < -0.3 is 24.1 Å². The molecule has 7 heteroatoms. The number of benzene rings is 2. The molecule has 0 spiro atoms. The predicted octanol–water partition coefficient (Wildman–Crippen LogP) is 3.53. The number of ether oxygens (including phenoxy) is 2. The summed E-state index contributed by atoms with van der Waals surface area (Å²) in [5, 5.41) is 20.1. The number of carboxylic acids is 1. The van der Waals surface area contributed by atoms with Crippen LogP contribution in [0.2, 0.25) is 0 Å². The zero-order valence-corrected chi connectivity index (χ0v) is 16.5. The van der Waals surface area contributed by atoms with E-state index in [-0.39, 0.29) is 16.9 Å². The van der Waals surface area contributed by atoms with Gasteiger partial charge in [0.1, 0.15) is 23.2 Å². The maximum absolute atomic E-state index is 12.3. The summed E-state index contributed by atoms with van der Waals surface area (Å²) in [5.41, 5.74) is 1.77. The van der Waals surface area contributed by atoms with E-state index >= 15 is 0 Å². The van der Waals surface area contributed by atoms with Gasteiger partial charge in [-0.15, -0.1) is 0 Å². The zero-order valence-electron chi connectivity index (χ0n) is 16.5. The summed E-state index contributed by atoms with van der Waals surface area (Å²) in [4.78, 5) is 23.5. The lowest BCUT2D eigenvalue weighted by Gasteiger charge is -2.25. The van der Waals surface area contributed by atoms with E-state index in [1.54, 1.807) is 30.3 Å². The van der Waals surface area contributed by atoms with Gasteiger partial charge in [-0.1, -0.05) is 12.1 Å². The van der Waals surface area contributed by atoms with Crippen LogP contribution < -0.4 is 15.1 Å². The van der Waals surface area contributed by atoms with Crippen LogP contribution in [-0.4, -0.2) is 28.6 Å². The Hall–Kier alpha value is -3.32. The summed E-state index contributed by atoms with van der Waals surface area (Å²) in [7, 11) is 0. The number of aryl methyl sites for hydroxylation is 1. The van der Waals surface area contributed by atoms with Gasteiger partial charge in [-0.2, -0.15) is 0 Å². The van der Waals surface area contributed by atoms with Crippen molar-refractivity contribution in [3.63, 3.8) is 0 Å². The number of aliphatic hydroxyl groups excluding tert-OH is 1. The number of carbonyl (C=O) groups is 1. The second kappa shape index (κ2) is 8.20. The lowest BCUT2D eigenvalue weighted by molar-refractivity contribution is -0.0770. The van der Waals surface area contributed by atoms with Crippen LogP contribution >= 0.6 is 0 Å². The van der Waals surface area contributed by atoms with Gasteiger partial charge in [0.2, 0.25) is 0 Å². The van der Waals surface area contributed by atoms with Crippen molar-refractivity contribution in [2.45, 2.75) is 45.0 Å². The van der Waals surface area contributed by atoms with Crippen LogP contribution in [0.25, 0.3) is 11.0 Å². The number of aliphatic hydroxyl groups is 1.